The maximum absolute atomic E-state index is 13.1. The molecule has 552 valence electrons. The van der Waals surface area contributed by atoms with Crippen molar-refractivity contribution in [3.63, 3.8) is 0 Å². The molecule has 0 fully saturated rings. The molecule has 93 heavy (non-hydrogen) atoms. The third-order valence-corrected chi connectivity index (χ3v) is 19.5. The number of rotatable bonds is 73. The number of carbonyl (C=O) groups is 4. The Morgan fingerprint density at radius 2 is 0.548 bits per heavy atom. The van der Waals surface area contributed by atoms with Gasteiger partial charge in [-0.15, -0.1) is 0 Å². The first-order valence-electron chi connectivity index (χ1n) is 38.5. The lowest BCUT2D eigenvalue weighted by molar-refractivity contribution is -0.161. The van der Waals surface area contributed by atoms with Crippen LogP contribution in [0, 0.1) is 11.8 Å². The van der Waals surface area contributed by atoms with Crippen LogP contribution < -0.4 is 0 Å². The number of hydrogen-bond donors (Lipinski definition) is 3. The van der Waals surface area contributed by atoms with E-state index in [1.807, 2.05) is 0 Å². The maximum atomic E-state index is 13.1. The molecule has 0 rings (SSSR count). The van der Waals surface area contributed by atoms with Gasteiger partial charge in [-0.2, -0.15) is 0 Å². The van der Waals surface area contributed by atoms with Crippen molar-refractivity contribution in [1.82, 2.24) is 0 Å². The molecule has 3 unspecified atom stereocenters. The van der Waals surface area contributed by atoms with Crippen molar-refractivity contribution in [2.45, 2.75) is 400 Å². The summed E-state index contributed by atoms with van der Waals surface area (Å²) in [5.41, 5.74) is 0. The van der Waals surface area contributed by atoms with Gasteiger partial charge in [0.05, 0.1) is 26.4 Å². The highest BCUT2D eigenvalue weighted by molar-refractivity contribution is 7.47. The van der Waals surface area contributed by atoms with Crippen molar-refractivity contribution in [3.05, 3.63) is 0 Å². The molecular formula is C74H144O17P2. The minimum absolute atomic E-state index is 0.106. The first kappa shape index (κ1) is 91.1. The van der Waals surface area contributed by atoms with Gasteiger partial charge in [-0.3, -0.25) is 37.3 Å². The first-order valence-corrected chi connectivity index (χ1v) is 41.5. The van der Waals surface area contributed by atoms with Crippen LogP contribution in [0.4, 0.5) is 0 Å². The van der Waals surface area contributed by atoms with E-state index in [2.05, 4.69) is 41.5 Å². The van der Waals surface area contributed by atoms with E-state index in [9.17, 15) is 43.2 Å². The predicted octanol–water partition coefficient (Wildman–Crippen LogP) is 21.6. The number of unbranched alkanes of at least 4 members (excludes halogenated alkanes) is 42. The Bertz CT molecular complexity index is 1810. The van der Waals surface area contributed by atoms with Crippen molar-refractivity contribution in [3.8, 4) is 0 Å². The lowest BCUT2D eigenvalue weighted by Gasteiger charge is -2.21. The van der Waals surface area contributed by atoms with Crippen LogP contribution in [0.1, 0.15) is 382 Å². The van der Waals surface area contributed by atoms with Gasteiger partial charge in [-0.1, -0.05) is 330 Å². The van der Waals surface area contributed by atoms with Crippen LogP contribution >= 0.6 is 15.6 Å². The Morgan fingerprint density at radius 3 is 0.817 bits per heavy atom. The van der Waals surface area contributed by atoms with Crippen molar-refractivity contribution < 1.29 is 80.2 Å². The molecule has 0 saturated heterocycles. The molecule has 0 aromatic carbocycles. The molecule has 0 amide bonds. The van der Waals surface area contributed by atoms with E-state index in [0.717, 1.165) is 102 Å². The molecule has 3 N–H and O–H groups in total. The summed E-state index contributed by atoms with van der Waals surface area (Å²) in [5.74, 6) is -0.631. The Hall–Kier alpha value is -1.94. The second-order valence-electron chi connectivity index (χ2n) is 27.4. The maximum Gasteiger partial charge on any atom is 0.472 e. The van der Waals surface area contributed by atoms with E-state index < -0.39 is 97.5 Å². The average molecular weight is 1370 g/mol. The number of ether oxygens (including phenoxy) is 4. The second-order valence-corrected chi connectivity index (χ2v) is 30.3. The number of carbonyl (C=O) groups excluding carboxylic acids is 4. The average Bonchev–Trinajstić information content (AvgIpc) is 1.98. The van der Waals surface area contributed by atoms with Crippen LogP contribution in [0.5, 0.6) is 0 Å². The SMILES string of the molecule is CCCCCCCCCCCCCCCCCCCCCC(=O)O[C@H](COC(=O)CCCCCCCCCCCCC(C)CC)COP(=O)(O)OC[C@@H](O)COP(=O)(O)OC[C@@H](COC(=O)CCCCCCCCC(C)C)OC(=O)CCCCCCCCCCCCC. The monoisotopic (exact) mass is 1370 g/mol. The molecule has 0 aromatic rings. The van der Waals surface area contributed by atoms with Gasteiger partial charge in [-0.25, -0.2) is 9.13 Å². The fourth-order valence-corrected chi connectivity index (χ4v) is 12.8. The van der Waals surface area contributed by atoms with Crippen LogP contribution in [0.25, 0.3) is 0 Å². The molecule has 6 atom stereocenters. The molecule has 0 spiro atoms. The number of hydrogen-bond acceptors (Lipinski definition) is 15. The van der Waals surface area contributed by atoms with Gasteiger partial charge < -0.3 is 33.8 Å². The molecule has 0 radical (unpaired) electrons. The minimum atomic E-state index is -4.96. The topological polar surface area (TPSA) is 237 Å². The van der Waals surface area contributed by atoms with Crippen LogP contribution in [0.3, 0.4) is 0 Å². The largest absolute Gasteiger partial charge is 0.472 e. The third kappa shape index (κ3) is 67.0. The lowest BCUT2D eigenvalue weighted by atomic mass is 9.99. The van der Waals surface area contributed by atoms with Gasteiger partial charge in [0.2, 0.25) is 0 Å². The summed E-state index contributed by atoms with van der Waals surface area (Å²) in [6, 6.07) is 0. The summed E-state index contributed by atoms with van der Waals surface area (Å²) in [6.45, 7) is 9.52. The number of phosphoric acid groups is 2. The summed E-state index contributed by atoms with van der Waals surface area (Å²) in [6.07, 6.45) is 52.8. The van der Waals surface area contributed by atoms with Gasteiger partial charge in [0.15, 0.2) is 12.2 Å². The molecule has 0 heterocycles. The van der Waals surface area contributed by atoms with E-state index in [0.29, 0.717) is 31.6 Å². The summed E-state index contributed by atoms with van der Waals surface area (Å²) in [4.78, 5) is 72.7. The molecular weight excluding hydrogens is 1220 g/mol. The zero-order valence-corrected chi connectivity index (χ0v) is 62.3. The lowest BCUT2D eigenvalue weighted by Crippen LogP contribution is -2.30. The van der Waals surface area contributed by atoms with Crippen LogP contribution in [-0.4, -0.2) is 96.7 Å². The fourth-order valence-electron chi connectivity index (χ4n) is 11.3. The van der Waals surface area contributed by atoms with Crippen molar-refractivity contribution >= 4 is 39.5 Å². The Labute approximate surface area is 568 Å². The number of phosphoric ester groups is 2. The van der Waals surface area contributed by atoms with Gasteiger partial charge in [-0.05, 0) is 37.5 Å². The number of aliphatic hydroxyl groups is 1. The zero-order chi connectivity index (χ0) is 68.6. The second kappa shape index (κ2) is 66.0. The number of aliphatic hydroxyl groups excluding tert-OH is 1. The van der Waals surface area contributed by atoms with Crippen LogP contribution in [0.2, 0.25) is 0 Å². The summed E-state index contributed by atoms with van der Waals surface area (Å²) < 4.78 is 68.4. The van der Waals surface area contributed by atoms with E-state index in [4.69, 9.17) is 37.0 Å². The summed E-state index contributed by atoms with van der Waals surface area (Å²) >= 11 is 0. The molecule has 0 aliphatic heterocycles. The summed E-state index contributed by atoms with van der Waals surface area (Å²) in [5, 5.41) is 10.6. The predicted molar refractivity (Wildman–Crippen MR) is 377 cm³/mol. The van der Waals surface area contributed by atoms with E-state index in [-0.39, 0.29) is 25.7 Å². The first-order chi connectivity index (χ1) is 44.9. The quantitative estimate of drug-likeness (QED) is 0.0222. The summed E-state index contributed by atoms with van der Waals surface area (Å²) in [7, 11) is -9.90. The molecule has 0 aromatic heterocycles. The third-order valence-electron chi connectivity index (χ3n) is 17.6. The van der Waals surface area contributed by atoms with E-state index >= 15 is 0 Å². The molecule has 0 saturated carbocycles. The number of esters is 4. The molecule has 17 nitrogen and oxygen atoms in total. The van der Waals surface area contributed by atoms with Gasteiger partial charge in [0.1, 0.15) is 19.3 Å². The van der Waals surface area contributed by atoms with Gasteiger partial charge in [0.25, 0.3) is 0 Å². The zero-order valence-electron chi connectivity index (χ0n) is 60.6. The normalized spacial score (nSPS) is 14.3. The van der Waals surface area contributed by atoms with Crippen LogP contribution in [0.15, 0.2) is 0 Å². The van der Waals surface area contributed by atoms with Gasteiger partial charge in [0, 0.05) is 25.7 Å². The Balaban J connectivity index is 5.22. The molecule has 0 aliphatic carbocycles. The minimum Gasteiger partial charge on any atom is -0.462 e. The Kier molecular flexibility index (Phi) is 64.6. The van der Waals surface area contributed by atoms with Gasteiger partial charge >= 0.3 is 39.5 Å². The van der Waals surface area contributed by atoms with Crippen molar-refractivity contribution in [2.24, 2.45) is 11.8 Å². The molecule has 0 bridgehead atoms. The highest BCUT2D eigenvalue weighted by atomic mass is 31.2. The smallest absolute Gasteiger partial charge is 0.462 e. The molecule has 0 aliphatic rings. The fraction of sp³-hybridized carbons (Fsp3) is 0.946. The van der Waals surface area contributed by atoms with Crippen molar-refractivity contribution in [1.29, 1.82) is 0 Å². The highest BCUT2D eigenvalue weighted by Gasteiger charge is 2.30. The Morgan fingerprint density at radius 1 is 0.312 bits per heavy atom. The standard InChI is InChI=1S/C74H144O17P2/c1-7-10-12-14-16-18-20-21-22-23-24-25-26-27-29-35-39-47-53-59-74(79)90-69(62-84-71(76)56-50-44-37-33-31-30-32-36-43-49-55-67(6)9-3)64-88-92(80,81)86-60-68(75)61-87-93(82,83)89-65-70(63-85-72(77)57-51-45-41-40-42-48-54-66(4)5)91-73(78)58-52-46-38-34-28-19-17-15-13-11-8-2/h66-70,75H,7-65H2,1-6H3,(H,80,81)(H,82,83)/t67?,68-,69-,70-/m1/s1. The van der Waals surface area contributed by atoms with E-state index in [1.165, 1.54) is 193 Å². The van der Waals surface area contributed by atoms with E-state index in [1.54, 1.807) is 0 Å². The van der Waals surface area contributed by atoms with Crippen molar-refractivity contribution in [2.75, 3.05) is 39.6 Å². The molecule has 19 heteroatoms. The highest BCUT2D eigenvalue weighted by Crippen LogP contribution is 2.45. The van der Waals surface area contributed by atoms with Crippen LogP contribution in [-0.2, 0) is 65.4 Å².